The molecule has 1 saturated carbocycles. The molecule has 0 aromatic heterocycles. The first-order valence-electron chi connectivity index (χ1n) is 3.57. The molecule has 1 aliphatic carbocycles. The second-order valence-electron chi connectivity index (χ2n) is 3.70. The Hall–Kier alpha value is -0.470. The van der Waals surface area contributed by atoms with E-state index in [2.05, 4.69) is 0 Å². The van der Waals surface area contributed by atoms with E-state index in [0.29, 0.717) is 6.08 Å². The van der Waals surface area contributed by atoms with E-state index >= 15 is 0 Å². The molecule has 1 unspecified atom stereocenters. The van der Waals surface area contributed by atoms with Crippen LogP contribution in [0, 0.1) is 11.3 Å². The van der Waals surface area contributed by atoms with Crippen molar-refractivity contribution in [1.29, 1.82) is 0 Å². The predicted octanol–water partition coefficient (Wildman–Crippen LogP) is 3.15. The van der Waals surface area contributed by atoms with Crippen molar-refractivity contribution < 1.29 is 13.2 Å². The maximum absolute atomic E-state index is 11.6. The van der Waals surface area contributed by atoms with Crippen molar-refractivity contribution in [2.24, 2.45) is 11.3 Å². The fraction of sp³-hybridized carbons (Fsp3) is 0.750. The number of halogens is 3. The summed E-state index contributed by atoms with van der Waals surface area (Å²) in [5.41, 5.74) is 0.0990. The van der Waals surface area contributed by atoms with Gasteiger partial charge in [-0.15, -0.1) is 0 Å². The van der Waals surface area contributed by atoms with E-state index in [9.17, 15) is 13.2 Å². The Kier molecular flexibility index (Phi) is 1.77. The van der Waals surface area contributed by atoms with Crippen molar-refractivity contribution in [1.82, 2.24) is 0 Å². The highest BCUT2D eigenvalue weighted by Crippen LogP contribution is 2.52. The first-order valence-corrected chi connectivity index (χ1v) is 3.57. The minimum Gasteiger partial charge on any atom is -0.167 e. The van der Waals surface area contributed by atoms with Gasteiger partial charge < -0.3 is 0 Å². The van der Waals surface area contributed by atoms with Crippen LogP contribution in [-0.4, -0.2) is 6.18 Å². The summed E-state index contributed by atoms with van der Waals surface area (Å²) in [5, 5.41) is 0. The molecule has 11 heavy (non-hydrogen) atoms. The summed E-state index contributed by atoms with van der Waals surface area (Å²) < 4.78 is 34.8. The lowest BCUT2D eigenvalue weighted by Gasteiger charge is -1.98. The van der Waals surface area contributed by atoms with Gasteiger partial charge in [0.15, 0.2) is 0 Å². The smallest absolute Gasteiger partial charge is 0.167 e. The fourth-order valence-electron chi connectivity index (χ4n) is 1.06. The summed E-state index contributed by atoms with van der Waals surface area (Å²) in [6, 6.07) is 0. The molecule has 1 rings (SSSR count). The van der Waals surface area contributed by atoms with Crippen molar-refractivity contribution in [2.45, 2.75) is 26.4 Å². The van der Waals surface area contributed by atoms with E-state index in [-0.39, 0.29) is 11.3 Å². The van der Waals surface area contributed by atoms with E-state index in [0.717, 1.165) is 6.42 Å². The zero-order valence-electron chi connectivity index (χ0n) is 6.57. The molecule has 1 aliphatic rings. The van der Waals surface area contributed by atoms with E-state index in [1.54, 1.807) is 0 Å². The number of hydrogen-bond donors (Lipinski definition) is 0. The number of alkyl halides is 3. The summed E-state index contributed by atoms with van der Waals surface area (Å²) in [7, 11) is 0. The Morgan fingerprint density at radius 2 is 1.82 bits per heavy atom. The summed E-state index contributed by atoms with van der Waals surface area (Å²) in [6.45, 7) is 3.94. The molecule has 0 spiro atoms. The topological polar surface area (TPSA) is 0 Å². The Morgan fingerprint density at radius 1 is 1.36 bits per heavy atom. The van der Waals surface area contributed by atoms with E-state index < -0.39 is 6.18 Å². The van der Waals surface area contributed by atoms with Crippen LogP contribution in [0.1, 0.15) is 20.3 Å². The van der Waals surface area contributed by atoms with Crippen LogP contribution in [0.4, 0.5) is 13.2 Å². The van der Waals surface area contributed by atoms with E-state index in [1.807, 2.05) is 13.8 Å². The molecule has 0 aromatic rings. The van der Waals surface area contributed by atoms with Gasteiger partial charge in [-0.25, -0.2) is 0 Å². The lowest BCUT2D eigenvalue weighted by Crippen LogP contribution is -2.01. The van der Waals surface area contributed by atoms with Crippen LogP contribution in [0.15, 0.2) is 12.2 Å². The molecule has 0 bridgehead atoms. The molecule has 1 atom stereocenters. The Bertz CT molecular complexity index is 176. The minimum absolute atomic E-state index is 0.0990. The molecule has 0 nitrogen and oxygen atoms in total. The van der Waals surface area contributed by atoms with Crippen LogP contribution in [-0.2, 0) is 0 Å². The van der Waals surface area contributed by atoms with Gasteiger partial charge in [-0.1, -0.05) is 19.9 Å². The predicted molar refractivity (Wildman–Crippen MR) is 37.1 cm³/mol. The molecule has 0 aromatic carbocycles. The first kappa shape index (κ1) is 8.62. The van der Waals surface area contributed by atoms with Gasteiger partial charge in [-0.05, 0) is 17.8 Å². The van der Waals surface area contributed by atoms with Gasteiger partial charge >= 0.3 is 6.18 Å². The van der Waals surface area contributed by atoms with Gasteiger partial charge in [-0.3, -0.25) is 0 Å². The lowest BCUT2D eigenvalue weighted by molar-refractivity contribution is -0.0801. The summed E-state index contributed by atoms with van der Waals surface area (Å²) in [4.78, 5) is 0. The number of hydrogen-bond acceptors (Lipinski definition) is 0. The normalized spacial score (nSPS) is 29.4. The Labute approximate surface area is 64.1 Å². The summed E-state index contributed by atoms with van der Waals surface area (Å²) in [6.07, 6.45) is -1.66. The minimum atomic E-state index is -4.14. The zero-order chi connectivity index (χ0) is 8.70. The second-order valence-corrected chi connectivity index (χ2v) is 3.70. The number of allylic oxidation sites excluding steroid dienone is 2. The van der Waals surface area contributed by atoms with Crippen LogP contribution < -0.4 is 0 Å². The SMILES string of the molecule is CC1(C)CC1C=CC(F)(F)F. The molecule has 1 fully saturated rings. The molecule has 0 radical (unpaired) electrons. The third-order valence-corrected chi connectivity index (χ3v) is 2.11. The number of rotatable bonds is 1. The van der Waals surface area contributed by atoms with Crippen LogP contribution in [0.3, 0.4) is 0 Å². The molecule has 3 heteroatoms. The van der Waals surface area contributed by atoms with Gasteiger partial charge in [0, 0.05) is 6.08 Å². The van der Waals surface area contributed by atoms with Crippen molar-refractivity contribution in [3.63, 3.8) is 0 Å². The highest BCUT2D eigenvalue weighted by molar-refractivity contribution is 5.09. The summed E-state index contributed by atoms with van der Waals surface area (Å²) in [5.74, 6) is 0.129. The van der Waals surface area contributed by atoms with Crippen LogP contribution in [0.25, 0.3) is 0 Å². The van der Waals surface area contributed by atoms with Gasteiger partial charge in [0.2, 0.25) is 0 Å². The average Bonchev–Trinajstić information content (AvgIpc) is 2.33. The third-order valence-electron chi connectivity index (χ3n) is 2.11. The van der Waals surface area contributed by atoms with Gasteiger partial charge in [0.05, 0.1) is 0 Å². The standard InChI is InChI=1S/C8H11F3/c1-7(2)5-6(7)3-4-8(9,10)11/h3-4,6H,5H2,1-2H3. The van der Waals surface area contributed by atoms with Crippen molar-refractivity contribution >= 4 is 0 Å². The average molecular weight is 164 g/mol. The van der Waals surface area contributed by atoms with Crippen LogP contribution >= 0.6 is 0 Å². The monoisotopic (exact) mass is 164 g/mol. The Morgan fingerprint density at radius 3 is 2.09 bits per heavy atom. The van der Waals surface area contributed by atoms with Crippen LogP contribution in [0.5, 0.6) is 0 Å². The maximum Gasteiger partial charge on any atom is 0.409 e. The van der Waals surface area contributed by atoms with Crippen molar-refractivity contribution in [3.05, 3.63) is 12.2 Å². The molecule has 0 heterocycles. The van der Waals surface area contributed by atoms with Gasteiger partial charge in [-0.2, -0.15) is 13.2 Å². The molecule has 0 saturated heterocycles. The van der Waals surface area contributed by atoms with E-state index in [1.165, 1.54) is 6.08 Å². The molecule has 64 valence electrons. The Balaban J connectivity index is 2.40. The highest BCUT2D eigenvalue weighted by Gasteiger charge is 2.44. The second kappa shape index (κ2) is 2.26. The van der Waals surface area contributed by atoms with Gasteiger partial charge in [0.1, 0.15) is 0 Å². The van der Waals surface area contributed by atoms with Gasteiger partial charge in [0.25, 0.3) is 0 Å². The lowest BCUT2D eigenvalue weighted by atomic mass is 10.1. The first-order chi connectivity index (χ1) is 4.81. The zero-order valence-corrected chi connectivity index (χ0v) is 6.57. The molecule has 0 amide bonds. The van der Waals surface area contributed by atoms with Crippen molar-refractivity contribution in [3.8, 4) is 0 Å². The quantitative estimate of drug-likeness (QED) is 0.522. The van der Waals surface area contributed by atoms with E-state index in [4.69, 9.17) is 0 Å². The molecular formula is C8H11F3. The largest absolute Gasteiger partial charge is 0.409 e. The summed E-state index contributed by atoms with van der Waals surface area (Å²) >= 11 is 0. The fourth-order valence-corrected chi connectivity index (χ4v) is 1.06. The van der Waals surface area contributed by atoms with Crippen molar-refractivity contribution in [2.75, 3.05) is 0 Å². The highest BCUT2D eigenvalue weighted by atomic mass is 19.4. The molecular weight excluding hydrogens is 153 g/mol. The van der Waals surface area contributed by atoms with Crippen LogP contribution in [0.2, 0.25) is 0 Å². The maximum atomic E-state index is 11.6. The molecule has 0 aliphatic heterocycles. The molecule has 0 N–H and O–H groups in total. The third kappa shape index (κ3) is 2.56.